The predicted octanol–water partition coefficient (Wildman–Crippen LogP) is 1.45. The Balaban J connectivity index is 1.97. The lowest BCUT2D eigenvalue weighted by atomic mass is 10.2. The number of aryl methyl sites for hydroxylation is 1. The summed E-state index contributed by atoms with van der Waals surface area (Å²) in [5, 5.41) is 0. The molecule has 1 aliphatic heterocycles. The van der Waals surface area contributed by atoms with E-state index < -0.39 is 0 Å². The van der Waals surface area contributed by atoms with Gasteiger partial charge in [0.2, 0.25) is 5.91 Å². The molecule has 21 heavy (non-hydrogen) atoms. The second-order valence-corrected chi connectivity index (χ2v) is 5.53. The van der Waals surface area contributed by atoms with Gasteiger partial charge in [0.1, 0.15) is 11.8 Å². The van der Waals surface area contributed by atoms with Crippen LogP contribution in [0.4, 0.5) is 0 Å². The van der Waals surface area contributed by atoms with Crippen LogP contribution < -0.4 is 4.74 Å². The first kappa shape index (κ1) is 15.4. The van der Waals surface area contributed by atoms with Gasteiger partial charge in [0.05, 0.1) is 0 Å². The number of amides is 2. The lowest BCUT2D eigenvalue weighted by Crippen LogP contribution is -2.46. The van der Waals surface area contributed by atoms with Crippen molar-refractivity contribution in [3.8, 4) is 5.75 Å². The van der Waals surface area contributed by atoms with Crippen molar-refractivity contribution in [1.82, 2.24) is 9.80 Å². The van der Waals surface area contributed by atoms with Gasteiger partial charge in [-0.05, 0) is 31.4 Å². The summed E-state index contributed by atoms with van der Waals surface area (Å²) in [6.45, 7) is 2.54. The minimum absolute atomic E-state index is 0.0169. The summed E-state index contributed by atoms with van der Waals surface area (Å²) in [5.74, 6) is 0.563. The summed E-state index contributed by atoms with van der Waals surface area (Å²) in [6.07, 6.45) is 1.59. The largest absolute Gasteiger partial charge is 0.484 e. The second kappa shape index (κ2) is 6.61. The number of nitrogens with zero attached hydrogens (tertiary/aromatic N) is 2. The van der Waals surface area contributed by atoms with E-state index in [1.165, 1.54) is 0 Å². The Morgan fingerprint density at radius 3 is 2.71 bits per heavy atom. The molecule has 1 fully saturated rings. The average Bonchev–Trinajstić information content (AvgIpc) is 2.94. The summed E-state index contributed by atoms with van der Waals surface area (Å²) in [6, 6.07) is 7.24. The number of hydrogen-bond donors (Lipinski definition) is 0. The van der Waals surface area contributed by atoms with Crippen molar-refractivity contribution in [2.24, 2.45) is 0 Å². The summed E-state index contributed by atoms with van der Waals surface area (Å²) < 4.78 is 5.58. The van der Waals surface area contributed by atoms with Crippen molar-refractivity contribution in [3.63, 3.8) is 0 Å². The molecule has 1 atom stereocenters. The van der Waals surface area contributed by atoms with Gasteiger partial charge in [-0.25, -0.2) is 0 Å². The van der Waals surface area contributed by atoms with Crippen LogP contribution in [0.3, 0.4) is 0 Å². The smallest absolute Gasteiger partial charge is 0.261 e. The average molecular weight is 290 g/mol. The Bertz CT molecular complexity index is 528. The molecule has 1 aromatic carbocycles. The fourth-order valence-corrected chi connectivity index (χ4v) is 2.56. The molecule has 0 aliphatic carbocycles. The first-order valence-corrected chi connectivity index (χ1v) is 7.19. The quantitative estimate of drug-likeness (QED) is 0.843. The van der Waals surface area contributed by atoms with Crippen LogP contribution in [0, 0.1) is 6.92 Å². The zero-order chi connectivity index (χ0) is 15.4. The highest BCUT2D eigenvalue weighted by Gasteiger charge is 2.34. The molecule has 1 saturated heterocycles. The highest BCUT2D eigenvalue weighted by Crippen LogP contribution is 2.20. The van der Waals surface area contributed by atoms with Crippen LogP contribution in [0.2, 0.25) is 0 Å². The highest BCUT2D eigenvalue weighted by molar-refractivity contribution is 5.88. The van der Waals surface area contributed by atoms with Crippen LogP contribution >= 0.6 is 0 Å². The number of hydrogen-bond acceptors (Lipinski definition) is 3. The summed E-state index contributed by atoms with van der Waals surface area (Å²) in [4.78, 5) is 27.6. The minimum Gasteiger partial charge on any atom is -0.484 e. The zero-order valence-corrected chi connectivity index (χ0v) is 12.8. The first-order valence-electron chi connectivity index (χ1n) is 7.19. The number of para-hydroxylation sites is 1. The molecule has 2 rings (SSSR count). The Kier molecular flexibility index (Phi) is 4.83. The topological polar surface area (TPSA) is 49.9 Å². The maximum atomic E-state index is 12.3. The third-order valence-corrected chi connectivity index (χ3v) is 3.74. The number of likely N-dealkylation sites (tertiary alicyclic amines) is 1. The number of benzene rings is 1. The van der Waals surface area contributed by atoms with Gasteiger partial charge in [-0.2, -0.15) is 0 Å². The van der Waals surface area contributed by atoms with Gasteiger partial charge in [0.25, 0.3) is 5.91 Å². The fraction of sp³-hybridized carbons (Fsp3) is 0.500. The van der Waals surface area contributed by atoms with E-state index in [9.17, 15) is 9.59 Å². The maximum Gasteiger partial charge on any atom is 0.261 e. The molecule has 1 aliphatic rings. The second-order valence-electron chi connectivity index (χ2n) is 5.53. The lowest BCUT2D eigenvalue weighted by Gasteiger charge is -2.26. The Morgan fingerprint density at radius 2 is 2.05 bits per heavy atom. The SMILES string of the molecule is Cc1ccccc1OCC(=O)N1CCCC1C(=O)N(C)C. The highest BCUT2D eigenvalue weighted by atomic mass is 16.5. The molecule has 1 aromatic rings. The Labute approximate surface area is 125 Å². The first-order chi connectivity index (χ1) is 10.0. The van der Waals surface area contributed by atoms with Crippen LogP contribution in [-0.4, -0.2) is 54.9 Å². The van der Waals surface area contributed by atoms with E-state index >= 15 is 0 Å². The molecule has 1 heterocycles. The van der Waals surface area contributed by atoms with E-state index in [0.29, 0.717) is 12.3 Å². The third kappa shape index (κ3) is 3.54. The molecule has 0 spiro atoms. The summed E-state index contributed by atoms with van der Waals surface area (Å²) in [5.41, 5.74) is 0.993. The Morgan fingerprint density at radius 1 is 1.33 bits per heavy atom. The van der Waals surface area contributed by atoms with Crippen LogP contribution in [0.1, 0.15) is 18.4 Å². The van der Waals surface area contributed by atoms with E-state index in [1.54, 1.807) is 23.9 Å². The number of carbonyl (C=O) groups is 2. The van der Waals surface area contributed by atoms with E-state index in [0.717, 1.165) is 18.4 Å². The van der Waals surface area contributed by atoms with Crippen LogP contribution in [0.15, 0.2) is 24.3 Å². The van der Waals surface area contributed by atoms with Gasteiger partial charge >= 0.3 is 0 Å². The maximum absolute atomic E-state index is 12.3. The third-order valence-electron chi connectivity index (χ3n) is 3.74. The summed E-state index contributed by atoms with van der Waals surface area (Å²) >= 11 is 0. The zero-order valence-electron chi connectivity index (χ0n) is 12.8. The lowest BCUT2D eigenvalue weighted by molar-refractivity contribution is -0.143. The van der Waals surface area contributed by atoms with E-state index in [1.807, 2.05) is 31.2 Å². The number of likely N-dealkylation sites (N-methyl/N-ethyl adjacent to an activating group) is 1. The molecule has 0 aromatic heterocycles. The van der Waals surface area contributed by atoms with Crippen molar-refractivity contribution in [2.75, 3.05) is 27.2 Å². The molecule has 0 saturated carbocycles. The van der Waals surface area contributed by atoms with Crippen LogP contribution in [-0.2, 0) is 9.59 Å². The van der Waals surface area contributed by atoms with Crippen molar-refractivity contribution < 1.29 is 14.3 Å². The van der Waals surface area contributed by atoms with Crippen LogP contribution in [0.5, 0.6) is 5.75 Å². The molecule has 0 bridgehead atoms. The van der Waals surface area contributed by atoms with Gasteiger partial charge in [-0.3, -0.25) is 9.59 Å². The molecule has 0 radical (unpaired) electrons. The van der Waals surface area contributed by atoms with Gasteiger partial charge in [0, 0.05) is 20.6 Å². The molecule has 5 heteroatoms. The molecule has 5 nitrogen and oxygen atoms in total. The van der Waals surface area contributed by atoms with Crippen molar-refractivity contribution in [2.45, 2.75) is 25.8 Å². The molecular formula is C16H22N2O3. The van der Waals surface area contributed by atoms with E-state index in [2.05, 4.69) is 0 Å². The van der Waals surface area contributed by atoms with E-state index in [-0.39, 0.29) is 24.5 Å². The number of carbonyl (C=O) groups excluding carboxylic acids is 2. The fourth-order valence-electron chi connectivity index (χ4n) is 2.56. The molecule has 2 amide bonds. The van der Waals surface area contributed by atoms with Gasteiger partial charge < -0.3 is 14.5 Å². The molecule has 1 unspecified atom stereocenters. The Hall–Kier alpha value is -2.04. The van der Waals surface area contributed by atoms with Gasteiger partial charge in [-0.15, -0.1) is 0 Å². The monoisotopic (exact) mass is 290 g/mol. The number of rotatable bonds is 4. The van der Waals surface area contributed by atoms with Crippen LogP contribution in [0.25, 0.3) is 0 Å². The molecular weight excluding hydrogens is 268 g/mol. The van der Waals surface area contributed by atoms with Crippen molar-refractivity contribution in [1.29, 1.82) is 0 Å². The standard InChI is InChI=1S/C16H22N2O3/c1-12-7-4-5-9-14(12)21-11-15(19)18-10-6-8-13(18)16(20)17(2)3/h4-5,7,9,13H,6,8,10-11H2,1-3H3. The van der Waals surface area contributed by atoms with Crippen molar-refractivity contribution >= 4 is 11.8 Å². The minimum atomic E-state index is -0.340. The normalized spacial score (nSPS) is 17.7. The van der Waals surface area contributed by atoms with Crippen molar-refractivity contribution in [3.05, 3.63) is 29.8 Å². The van der Waals surface area contributed by atoms with Gasteiger partial charge in [-0.1, -0.05) is 18.2 Å². The van der Waals surface area contributed by atoms with E-state index in [4.69, 9.17) is 4.74 Å². The molecule has 0 N–H and O–H groups in total. The van der Waals surface area contributed by atoms with Gasteiger partial charge in [0.15, 0.2) is 6.61 Å². The summed E-state index contributed by atoms with van der Waals surface area (Å²) in [7, 11) is 3.43. The number of ether oxygens (including phenoxy) is 1. The molecule has 114 valence electrons. The predicted molar refractivity (Wildman–Crippen MR) is 80.1 cm³/mol.